The summed E-state index contributed by atoms with van der Waals surface area (Å²) in [5.41, 5.74) is -1.18. The first kappa shape index (κ1) is 17.2. The Morgan fingerprint density at radius 3 is 2.29 bits per heavy atom. The number of benzene rings is 1. The van der Waals surface area contributed by atoms with Crippen LogP contribution in [0.5, 0.6) is 0 Å². The average molecular weight is 321 g/mol. The van der Waals surface area contributed by atoms with Gasteiger partial charge in [-0.05, 0) is 11.5 Å². The second kappa shape index (κ2) is 6.26. The van der Waals surface area contributed by atoms with Gasteiger partial charge in [0.2, 0.25) is 0 Å². The lowest BCUT2D eigenvalue weighted by Gasteiger charge is -2.27. The van der Waals surface area contributed by atoms with Gasteiger partial charge in [0, 0.05) is 6.07 Å². The van der Waals surface area contributed by atoms with Crippen LogP contribution in [0.4, 0.5) is 19.3 Å². The molecule has 0 aliphatic rings. The first-order valence-electron chi connectivity index (χ1n) is 5.97. The minimum absolute atomic E-state index is 0.328. The van der Waals surface area contributed by atoms with Crippen LogP contribution in [0.25, 0.3) is 0 Å². The van der Waals surface area contributed by atoms with Gasteiger partial charge in [0.05, 0.1) is 10.7 Å². The normalized spacial score (nSPS) is 12.7. The molecule has 116 valence electrons. The summed E-state index contributed by atoms with van der Waals surface area (Å²) < 4.78 is 26.4. The van der Waals surface area contributed by atoms with Crippen LogP contribution in [-0.2, 0) is 4.79 Å². The molecule has 3 N–H and O–H groups in total. The van der Waals surface area contributed by atoms with Crippen molar-refractivity contribution < 1.29 is 23.5 Å². The molecule has 1 unspecified atom stereocenters. The molecule has 1 aromatic carbocycles. The molecule has 0 saturated carbocycles. The minimum Gasteiger partial charge on any atom is -0.480 e. The Balaban J connectivity index is 2.90. The third-order valence-electron chi connectivity index (χ3n) is 2.63. The summed E-state index contributed by atoms with van der Waals surface area (Å²) in [6.07, 6.45) is 0. The molecule has 0 saturated heterocycles. The lowest BCUT2D eigenvalue weighted by atomic mass is 9.87. The fourth-order valence-corrected chi connectivity index (χ4v) is 1.83. The van der Waals surface area contributed by atoms with Crippen molar-refractivity contribution in [2.75, 3.05) is 5.32 Å². The van der Waals surface area contributed by atoms with Crippen LogP contribution >= 0.6 is 11.6 Å². The predicted octanol–water partition coefficient (Wildman–Crippen LogP) is 3.24. The molecule has 0 aliphatic heterocycles. The zero-order chi connectivity index (χ0) is 16.4. The van der Waals surface area contributed by atoms with Crippen molar-refractivity contribution in [1.29, 1.82) is 0 Å². The molecule has 1 aromatic rings. The predicted molar refractivity (Wildman–Crippen MR) is 74.4 cm³/mol. The number of urea groups is 1. The van der Waals surface area contributed by atoms with Gasteiger partial charge in [-0.25, -0.2) is 18.4 Å². The Bertz CT molecular complexity index is 550. The summed E-state index contributed by atoms with van der Waals surface area (Å²) >= 11 is 5.63. The number of hydrogen-bond acceptors (Lipinski definition) is 2. The fraction of sp³-hybridized carbons (Fsp3) is 0.385. The molecule has 2 amide bonds. The molecule has 1 atom stereocenters. The Morgan fingerprint density at radius 2 is 1.86 bits per heavy atom. The van der Waals surface area contributed by atoms with E-state index >= 15 is 0 Å². The van der Waals surface area contributed by atoms with Gasteiger partial charge in [0.25, 0.3) is 0 Å². The minimum atomic E-state index is -1.23. The Kier molecular flexibility index (Phi) is 5.11. The van der Waals surface area contributed by atoms with E-state index in [4.69, 9.17) is 16.7 Å². The largest absolute Gasteiger partial charge is 0.480 e. The van der Waals surface area contributed by atoms with E-state index in [1.54, 1.807) is 20.8 Å². The second-order valence-corrected chi connectivity index (χ2v) is 5.89. The number of carbonyl (C=O) groups is 2. The lowest BCUT2D eigenvalue weighted by molar-refractivity contribution is -0.141. The molecule has 8 heteroatoms. The van der Waals surface area contributed by atoms with E-state index in [1.807, 2.05) is 0 Å². The van der Waals surface area contributed by atoms with E-state index in [2.05, 4.69) is 10.6 Å². The number of carboxylic acids is 1. The van der Waals surface area contributed by atoms with E-state index in [-0.39, 0.29) is 5.02 Å². The highest BCUT2D eigenvalue weighted by atomic mass is 35.5. The van der Waals surface area contributed by atoms with Crippen LogP contribution in [0.3, 0.4) is 0 Å². The van der Waals surface area contributed by atoms with Gasteiger partial charge in [-0.3, -0.25) is 0 Å². The van der Waals surface area contributed by atoms with E-state index in [9.17, 15) is 18.4 Å². The van der Waals surface area contributed by atoms with E-state index < -0.39 is 40.8 Å². The van der Waals surface area contributed by atoms with Crippen molar-refractivity contribution >= 4 is 29.3 Å². The highest BCUT2D eigenvalue weighted by molar-refractivity contribution is 6.33. The summed E-state index contributed by atoms with van der Waals surface area (Å²) in [6, 6.07) is -0.761. The summed E-state index contributed by atoms with van der Waals surface area (Å²) in [5, 5.41) is 13.0. The Labute approximate surface area is 125 Å². The smallest absolute Gasteiger partial charge is 0.326 e. The van der Waals surface area contributed by atoms with E-state index in [1.165, 1.54) is 0 Å². The van der Waals surface area contributed by atoms with Gasteiger partial charge < -0.3 is 15.7 Å². The van der Waals surface area contributed by atoms with Crippen molar-refractivity contribution in [2.24, 2.45) is 5.41 Å². The Morgan fingerprint density at radius 1 is 1.29 bits per heavy atom. The maximum absolute atomic E-state index is 13.5. The topological polar surface area (TPSA) is 78.4 Å². The maximum atomic E-state index is 13.5. The third kappa shape index (κ3) is 4.56. The lowest BCUT2D eigenvalue weighted by Crippen LogP contribution is -2.50. The number of amides is 2. The zero-order valence-electron chi connectivity index (χ0n) is 11.6. The summed E-state index contributed by atoms with van der Waals surface area (Å²) in [4.78, 5) is 22.9. The number of carboxylic acid groups (broad SMARTS) is 1. The highest BCUT2D eigenvalue weighted by Gasteiger charge is 2.32. The van der Waals surface area contributed by atoms with Crippen LogP contribution < -0.4 is 10.6 Å². The number of anilines is 1. The molecule has 0 bridgehead atoms. The second-order valence-electron chi connectivity index (χ2n) is 5.48. The zero-order valence-corrected chi connectivity index (χ0v) is 12.4. The molecule has 1 rings (SSSR count). The fourth-order valence-electron chi connectivity index (χ4n) is 1.59. The molecule has 0 spiro atoms. The molecular formula is C13H15ClF2N2O3. The van der Waals surface area contributed by atoms with Crippen LogP contribution in [-0.4, -0.2) is 23.1 Å². The van der Waals surface area contributed by atoms with Crippen LogP contribution in [0.15, 0.2) is 12.1 Å². The van der Waals surface area contributed by atoms with Crippen molar-refractivity contribution in [3.63, 3.8) is 0 Å². The van der Waals surface area contributed by atoms with E-state index in [0.717, 1.165) is 6.07 Å². The van der Waals surface area contributed by atoms with Crippen molar-refractivity contribution in [2.45, 2.75) is 26.8 Å². The summed E-state index contributed by atoms with van der Waals surface area (Å²) in [5.74, 6) is -3.18. The Hall–Kier alpha value is -1.89. The van der Waals surface area contributed by atoms with Gasteiger partial charge in [-0.1, -0.05) is 32.4 Å². The number of rotatable bonds is 3. The number of halogens is 3. The van der Waals surface area contributed by atoms with Crippen LogP contribution in [0.1, 0.15) is 20.8 Å². The standard InChI is InChI=1S/C13H15ClF2N2O3/c1-13(2,3)10(11(19)20)18-12(21)17-9-7(14)4-6(15)5-8(9)16/h4-5,10H,1-3H3,(H,19,20)(H2,17,18,21). The van der Waals surface area contributed by atoms with E-state index in [0.29, 0.717) is 6.07 Å². The first-order valence-corrected chi connectivity index (χ1v) is 6.35. The van der Waals surface area contributed by atoms with Gasteiger partial charge in [-0.15, -0.1) is 0 Å². The summed E-state index contributed by atoms with van der Waals surface area (Å²) in [6.45, 7) is 4.87. The van der Waals surface area contributed by atoms with Crippen molar-refractivity contribution in [3.8, 4) is 0 Å². The molecular weight excluding hydrogens is 306 g/mol. The summed E-state index contributed by atoms with van der Waals surface area (Å²) in [7, 11) is 0. The molecule has 0 aliphatic carbocycles. The highest BCUT2D eigenvalue weighted by Crippen LogP contribution is 2.26. The van der Waals surface area contributed by atoms with Crippen LogP contribution in [0.2, 0.25) is 5.02 Å². The molecule has 0 fully saturated rings. The third-order valence-corrected chi connectivity index (χ3v) is 2.93. The maximum Gasteiger partial charge on any atom is 0.326 e. The number of carbonyl (C=O) groups excluding carboxylic acids is 1. The van der Waals surface area contributed by atoms with Crippen molar-refractivity contribution in [1.82, 2.24) is 5.32 Å². The monoisotopic (exact) mass is 320 g/mol. The molecule has 0 radical (unpaired) electrons. The molecule has 21 heavy (non-hydrogen) atoms. The SMILES string of the molecule is CC(C)(C)C(NC(=O)Nc1c(F)cc(F)cc1Cl)C(=O)O. The number of aliphatic carboxylic acids is 1. The molecule has 0 aromatic heterocycles. The molecule has 0 heterocycles. The quantitative estimate of drug-likeness (QED) is 0.800. The number of hydrogen-bond donors (Lipinski definition) is 3. The van der Waals surface area contributed by atoms with Gasteiger partial charge >= 0.3 is 12.0 Å². The van der Waals surface area contributed by atoms with Gasteiger partial charge in [0.15, 0.2) is 5.82 Å². The van der Waals surface area contributed by atoms with Gasteiger partial charge in [0.1, 0.15) is 11.9 Å². The average Bonchev–Trinajstić information content (AvgIpc) is 2.28. The van der Waals surface area contributed by atoms with Crippen LogP contribution in [0, 0.1) is 17.0 Å². The van der Waals surface area contributed by atoms with Gasteiger partial charge in [-0.2, -0.15) is 0 Å². The number of nitrogens with one attached hydrogen (secondary N) is 2. The molecule has 5 nitrogen and oxygen atoms in total. The first-order chi connectivity index (χ1) is 9.52. The van der Waals surface area contributed by atoms with Crippen molar-refractivity contribution in [3.05, 3.63) is 28.8 Å².